The minimum Gasteiger partial charge on any atom is -0.377 e. The number of rotatable bonds is 3. The predicted octanol–water partition coefficient (Wildman–Crippen LogP) is 4.79. The fraction of sp³-hybridized carbons (Fsp3) is 0.238. The first-order valence-electron chi connectivity index (χ1n) is 8.43. The van der Waals surface area contributed by atoms with Crippen LogP contribution in [0.25, 0.3) is 5.70 Å². The van der Waals surface area contributed by atoms with Crippen molar-refractivity contribution in [2.24, 2.45) is 10.2 Å². The second-order valence-electron chi connectivity index (χ2n) is 6.98. The first kappa shape index (κ1) is 17.6. The smallest absolute Gasteiger partial charge is 0.186 e. The predicted molar refractivity (Wildman–Crippen MR) is 101 cm³/mol. The van der Waals surface area contributed by atoms with Gasteiger partial charge in [-0.2, -0.15) is 5.26 Å². The number of allylic oxidation sites excluding steroid dienone is 1. The Morgan fingerprint density at radius 1 is 1.15 bits per heavy atom. The highest BCUT2D eigenvalue weighted by Gasteiger charge is 2.29. The van der Waals surface area contributed by atoms with Gasteiger partial charge in [-0.1, -0.05) is 24.3 Å². The number of benzene rings is 2. The third-order valence-corrected chi connectivity index (χ3v) is 4.26. The summed E-state index contributed by atoms with van der Waals surface area (Å²) >= 11 is 0. The van der Waals surface area contributed by atoms with E-state index in [0.29, 0.717) is 16.9 Å². The molecule has 0 saturated heterocycles. The molecule has 0 aromatic heterocycles. The summed E-state index contributed by atoms with van der Waals surface area (Å²) in [5, 5.41) is 21.4. The quantitative estimate of drug-likeness (QED) is 0.494. The van der Waals surface area contributed by atoms with Gasteiger partial charge in [0.2, 0.25) is 0 Å². The average Bonchev–Trinajstić information content (AvgIpc) is 2.61. The minimum absolute atomic E-state index is 0.00133. The zero-order valence-corrected chi connectivity index (χ0v) is 15.1. The molecular weight excluding hydrogens is 324 g/mol. The molecule has 2 aromatic carbocycles. The Bertz CT molecular complexity index is 947. The lowest BCUT2D eigenvalue weighted by molar-refractivity contribution is 0.101. The molecule has 0 unspecified atom stereocenters. The van der Waals surface area contributed by atoms with Crippen LogP contribution in [0.2, 0.25) is 0 Å². The van der Waals surface area contributed by atoms with Gasteiger partial charge in [0, 0.05) is 16.7 Å². The van der Waals surface area contributed by atoms with Gasteiger partial charge in [-0.3, -0.25) is 4.79 Å². The third-order valence-electron chi connectivity index (χ3n) is 4.26. The number of carbonyl (C=O) groups is 1. The van der Waals surface area contributed by atoms with Crippen LogP contribution in [0.1, 0.15) is 42.3 Å². The molecule has 0 spiro atoms. The number of Topliss-reactive ketones (excluding diaryl/α,β-unsaturated/α-hetero) is 1. The summed E-state index contributed by atoms with van der Waals surface area (Å²) in [5.74, 6) is -0.00133. The van der Waals surface area contributed by atoms with Crippen molar-refractivity contribution in [3.05, 3.63) is 70.9 Å². The molecule has 0 radical (unpaired) electrons. The molecule has 2 aromatic rings. The van der Waals surface area contributed by atoms with Gasteiger partial charge in [0.25, 0.3) is 0 Å². The number of azo groups is 1. The van der Waals surface area contributed by atoms with Crippen molar-refractivity contribution in [3.63, 3.8) is 0 Å². The van der Waals surface area contributed by atoms with E-state index >= 15 is 0 Å². The zero-order valence-electron chi connectivity index (χ0n) is 15.1. The van der Waals surface area contributed by atoms with Gasteiger partial charge < -0.3 is 5.32 Å². The lowest BCUT2D eigenvalue weighted by Crippen LogP contribution is -2.44. The van der Waals surface area contributed by atoms with E-state index in [4.69, 9.17) is 0 Å². The second-order valence-corrected chi connectivity index (χ2v) is 6.98. The maximum Gasteiger partial charge on any atom is 0.186 e. The van der Waals surface area contributed by atoms with Crippen molar-refractivity contribution >= 4 is 17.2 Å². The lowest BCUT2D eigenvalue weighted by Gasteiger charge is -2.35. The van der Waals surface area contributed by atoms with Gasteiger partial charge in [0.1, 0.15) is 6.07 Å². The van der Waals surface area contributed by atoms with Gasteiger partial charge in [-0.05, 0) is 57.0 Å². The first-order valence-corrected chi connectivity index (χ1v) is 8.43. The summed E-state index contributed by atoms with van der Waals surface area (Å²) in [7, 11) is 0. The van der Waals surface area contributed by atoms with Crippen LogP contribution in [-0.2, 0) is 6.42 Å². The normalized spacial score (nSPS) is 17.2. The van der Waals surface area contributed by atoms with Crippen LogP contribution >= 0.6 is 0 Å². The highest BCUT2D eigenvalue weighted by molar-refractivity contribution is 5.94. The minimum atomic E-state index is -0.176. The van der Waals surface area contributed by atoms with Crippen LogP contribution in [0.15, 0.2) is 64.5 Å². The number of nitrogens with one attached hydrogen (secondary N) is 1. The summed E-state index contributed by atoms with van der Waals surface area (Å²) in [6.45, 7) is 5.70. The van der Waals surface area contributed by atoms with E-state index in [1.165, 1.54) is 12.5 Å². The molecule has 0 atom stereocenters. The largest absolute Gasteiger partial charge is 0.377 e. The number of fused-ring (bicyclic) bond motifs is 1. The molecule has 1 heterocycles. The number of nitrogens with zero attached hydrogens (tertiary/aromatic N) is 3. The van der Waals surface area contributed by atoms with Crippen molar-refractivity contribution in [1.29, 1.82) is 5.26 Å². The number of hydrogen-bond acceptors (Lipinski definition) is 5. The zero-order chi connectivity index (χ0) is 18.7. The highest BCUT2D eigenvalue weighted by atomic mass is 16.1. The Morgan fingerprint density at radius 2 is 1.85 bits per heavy atom. The van der Waals surface area contributed by atoms with Crippen LogP contribution in [-0.4, -0.2) is 11.3 Å². The number of nitriles is 1. The van der Waals surface area contributed by atoms with E-state index in [-0.39, 0.29) is 17.0 Å². The summed E-state index contributed by atoms with van der Waals surface area (Å²) in [6, 6.07) is 17.0. The van der Waals surface area contributed by atoms with Crippen LogP contribution in [0.5, 0.6) is 0 Å². The van der Waals surface area contributed by atoms with Crippen LogP contribution in [0, 0.1) is 11.3 Å². The number of ketones is 1. The number of hydrogen-bond donors (Lipinski definition) is 1. The fourth-order valence-electron chi connectivity index (χ4n) is 3.03. The lowest BCUT2D eigenvalue weighted by atomic mass is 9.85. The van der Waals surface area contributed by atoms with Gasteiger partial charge in [-0.25, -0.2) is 0 Å². The molecule has 3 rings (SSSR count). The number of carbonyl (C=O) groups excluding carboxylic acids is 1. The molecule has 5 nitrogen and oxygen atoms in total. The van der Waals surface area contributed by atoms with Crippen LogP contribution in [0.4, 0.5) is 5.69 Å². The highest BCUT2D eigenvalue weighted by Crippen LogP contribution is 2.32. The third kappa shape index (κ3) is 3.70. The summed E-state index contributed by atoms with van der Waals surface area (Å²) < 4.78 is 0. The first-order chi connectivity index (χ1) is 12.4. The van der Waals surface area contributed by atoms with Gasteiger partial charge in [0.15, 0.2) is 11.5 Å². The fourth-order valence-corrected chi connectivity index (χ4v) is 3.03. The molecule has 0 fully saturated rings. The standard InChI is InChI=1S/C21H20N4O/c1-14(26)15-8-10-17(11-9-15)24-25-19(13-22)20-18-7-5-4-6-16(18)12-21(2,3)23-20/h4-11,23H,12H2,1-3H3/b20-19-,25-24+. The van der Waals surface area contributed by atoms with Gasteiger partial charge in [-0.15, -0.1) is 10.2 Å². The average molecular weight is 344 g/mol. The van der Waals surface area contributed by atoms with Crippen molar-refractivity contribution in [2.75, 3.05) is 0 Å². The molecule has 0 aliphatic carbocycles. The molecule has 26 heavy (non-hydrogen) atoms. The van der Waals surface area contributed by atoms with E-state index in [1.807, 2.05) is 18.2 Å². The Kier molecular flexibility index (Phi) is 4.68. The van der Waals surface area contributed by atoms with Gasteiger partial charge in [0.05, 0.1) is 11.4 Å². The van der Waals surface area contributed by atoms with E-state index in [1.54, 1.807) is 24.3 Å². The van der Waals surface area contributed by atoms with E-state index < -0.39 is 0 Å². The molecule has 0 saturated carbocycles. The molecule has 1 N–H and O–H groups in total. The Labute approximate surface area is 153 Å². The van der Waals surface area contributed by atoms with E-state index in [0.717, 1.165) is 12.0 Å². The molecule has 5 heteroatoms. The Hall–Kier alpha value is -3.26. The molecule has 1 aliphatic rings. The van der Waals surface area contributed by atoms with E-state index in [2.05, 4.69) is 41.5 Å². The summed E-state index contributed by atoms with van der Waals surface area (Å²) in [5.41, 5.74) is 4.13. The maximum atomic E-state index is 11.3. The van der Waals surface area contributed by atoms with E-state index in [9.17, 15) is 10.1 Å². The van der Waals surface area contributed by atoms with Gasteiger partial charge >= 0.3 is 0 Å². The topological polar surface area (TPSA) is 77.6 Å². The molecule has 1 aliphatic heterocycles. The molecule has 130 valence electrons. The summed E-state index contributed by atoms with van der Waals surface area (Å²) in [4.78, 5) is 11.3. The van der Waals surface area contributed by atoms with Crippen LogP contribution in [0.3, 0.4) is 0 Å². The van der Waals surface area contributed by atoms with Crippen molar-refractivity contribution < 1.29 is 4.79 Å². The molecule has 0 bridgehead atoms. The second kappa shape index (κ2) is 6.93. The SMILES string of the molecule is CC(=O)c1ccc(/N=N/C(C#N)=C2\NC(C)(C)Cc3ccccc32)cc1. The monoisotopic (exact) mass is 344 g/mol. The Balaban J connectivity index is 1.99. The van der Waals surface area contributed by atoms with Crippen LogP contribution < -0.4 is 5.32 Å². The Morgan fingerprint density at radius 3 is 2.50 bits per heavy atom. The van der Waals surface area contributed by atoms with Crippen molar-refractivity contribution in [2.45, 2.75) is 32.7 Å². The summed E-state index contributed by atoms with van der Waals surface area (Å²) in [6.07, 6.45) is 0.870. The van der Waals surface area contributed by atoms with Crippen molar-refractivity contribution in [1.82, 2.24) is 5.32 Å². The molecule has 0 amide bonds. The van der Waals surface area contributed by atoms with Crippen molar-refractivity contribution in [3.8, 4) is 6.07 Å². The maximum absolute atomic E-state index is 11.3. The molecular formula is C21H20N4O.